The topological polar surface area (TPSA) is 46.6 Å². The van der Waals surface area contributed by atoms with Crippen LogP contribution in [0.2, 0.25) is 0 Å². The van der Waals surface area contributed by atoms with E-state index in [2.05, 4.69) is 26.0 Å². The van der Waals surface area contributed by atoms with Crippen molar-refractivity contribution in [2.45, 2.75) is 58.0 Å². The molecule has 2 bridgehead atoms. The number of carbonyl (C=O) groups excluding carboxylic acids is 2. The number of amides is 1. The third-order valence-electron chi connectivity index (χ3n) is 5.40. The number of allylic oxidation sites excluding steroid dienone is 2. The van der Waals surface area contributed by atoms with E-state index in [4.69, 9.17) is 4.74 Å². The van der Waals surface area contributed by atoms with Crippen molar-refractivity contribution in [3.8, 4) is 0 Å². The molecule has 0 spiro atoms. The van der Waals surface area contributed by atoms with Crippen LogP contribution in [-0.4, -0.2) is 35.5 Å². The average molecular weight is 291 g/mol. The molecule has 21 heavy (non-hydrogen) atoms. The lowest BCUT2D eigenvalue weighted by atomic mass is 9.94. The number of hydrogen-bond acceptors (Lipinski definition) is 3. The summed E-state index contributed by atoms with van der Waals surface area (Å²) in [6.45, 7) is 4.07. The molecule has 0 aromatic rings. The van der Waals surface area contributed by atoms with Gasteiger partial charge in [-0.1, -0.05) is 12.2 Å². The van der Waals surface area contributed by atoms with Gasteiger partial charge in [-0.15, -0.1) is 0 Å². The van der Waals surface area contributed by atoms with Crippen molar-refractivity contribution in [2.75, 3.05) is 6.61 Å². The van der Waals surface area contributed by atoms with E-state index in [0.717, 1.165) is 25.7 Å². The van der Waals surface area contributed by atoms with Gasteiger partial charge in [0.2, 0.25) is 0 Å². The number of carbonyl (C=O) groups is 2. The summed E-state index contributed by atoms with van der Waals surface area (Å²) in [5.41, 5.74) is 0. The fourth-order valence-corrected chi connectivity index (χ4v) is 4.28. The molecule has 3 rings (SSSR count). The predicted octanol–water partition coefficient (Wildman–Crippen LogP) is 2.53. The highest BCUT2D eigenvalue weighted by molar-refractivity contribution is 5.82. The first kappa shape index (κ1) is 14.6. The van der Waals surface area contributed by atoms with Crippen LogP contribution < -0.4 is 0 Å². The normalized spacial score (nSPS) is 37.8. The van der Waals surface area contributed by atoms with Crippen molar-refractivity contribution in [1.29, 1.82) is 0 Å². The molecule has 2 aliphatic carbocycles. The number of piperidine rings is 1. The Morgan fingerprint density at radius 2 is 1.86 bits per heavy atom. The Labute approximate surface area is 126 Å². The van der Waals surface area contributed by atoms with Crippen molar-refractivity contribution in [1.82, 2.24) is 4.90 Å². The molecular weight excluding hydrogens is 266 g/mol. The highest BCUT2D eigenvalue weighted by Crippen LogP contribution is 2.43. The van der Waals surface area contributed by atoms with E-state index in [9.17, 15) is 9.59 Å². The zero-order valence-corrected chi connectivity index (χ0v) is 13.0. The standard InChI is InChI=1S/C17H25NO3/c1-11-4-3-5-12(2)18(11)16(19)10-21-17(20)15-9-13-6-7-14(15)8-13/h6-7,11-15H,3-5,8-10H2,1-2H3. The van der Waals surface area contributed by atoms with Crippen molar-refractivity contribution < 1.29 is 14.3 Å². The Kier molecular flexibility index (Phi) is 4.05. The molecule has 0 radical (unpaired) electrons. The Bertz CT molecular complexity index is 449. The van der Waals surface area contributed by atoms with Crippen LogP contribution in [-0.2, 0) is 14.3 Å². The lowest BCUT2D eigenvalue weighted by Gasteiger charge is -2.39. The average Bonchev–Trinajstić information content (AvgIpc) is 3.07. The first-order valence-electron chi connectivity index (χ1n) is 8.22. The number of likely N-dealkylation sites (tertiary alicyclic amines) is 1. The summed E-state index contributed by atoms with van der Waals surface area (Å²) in [7, 11) is 0. The summed E-state index contributed by atoms with van der Waals surface area (Å²) in [4.78, 5) is 26.4. The molecule has 1 saturated heterocycles. The summed E-state index contributed by atoms with van der Waals surface area (Å²) >= 11 is 0. The zero-order chi connectivity index (χ0) is 15.0. The Morgan fingerprint density at radius 1 is 1.14 bits per heavy atom. The maximum atomic E-state index is 12.3. The van der Waals surface area contributed by atoms with Gasteiger partial charge in [0.05, 0.1) is 5.92 Å². The molecule has 4 heteroatoms. The zero-order valence-electron chi connectivity index (χ0n) is 13.0. The molecule has 5 atom stereocenters. The van der Waals surface area contributed by atoms with Gasteiger partial charge in [0.15, 0.2) is 6.61 Å². The van der Waals surface area contributed by atoms with Crippen LogP contribution in [0, 0.1) is 17.8 Å². The van der Waals surface area contributed by atoms with E-state index in [1.54, 1.807) is 0 Å². The minimum absolute atomic E-state index is 0.0241. The Hall–Kier alpha value is -1.32. The molecule has 4 nitrogen and oxygen atoms in total. The second-order valence-corrected chi connectivity index (χ2v) is 6.92. The molecule has 5 unspecified atom stereocenters. The summed E-state index contributed by atoms with van der Waals surface area (Å²) in [5, 5.41) is 0. The van der Waals surface area contributed by atoms with Crippen LogP contribution in [0.5, 0.6) is 0 Å². The maximum Gasteiger partial charge on any atom is 0.310 e. The smallest absolute Gasteiger partial charge is 0.310 e. The minimum Gasteiger partial charge on any atom is -0.455 e. The van der Waals surface area contributed by atoms with Crippen LogP contribution >= 0.6 is 0 Å². The molecule has 0 N–H and O–H groups in total. The maximum absolute atomic E-state index is 12.3. The molecule has 116 valence electrons. The SMILES string of the molecule is CC1CCCC(C)N1C(=O)COC(=O)C1CC2C=CC1C2. The van der Waals surface area contributed by atoms with Gasteiger partial charge in [0.1, 0.15) is 0 Å². The molecule has 3 aliphatic rings. The van der Waals surface area contributed by atoms with Gasteiger partial charge >= 0.3 is 5.97 Å². The van der Waals surface area contributed by atoms with Crippen molar-refractivity contribution in [3.05, 3.63) is 12.2 Å². The summed E-state index contributed by atoms with van der Waals surface area (Å²) in [6.07, 6.45) is 9.57. The van der Waals surface area contributed by atoms with Crippen molar-refractivity contribution in [2.24, 2.45) is 17.8 Å². The molecular formula is C17H25NO3. The quantitative estimate of drug-likeness (QED) is 0.593. The van der Waals surface area contributed by atoms with Crippen molar-refractivity contribution in [3.63, 3.8) is 0 Å². The second kappa shape index (κ2) is 5.82. The number of hydrogen-bond donors (Lipinski definition) is 0. The number of nitrogens with zero attached hydrogens (tertiary/aromatic N) is 1. The third kappa shape index (κ3) is 2.85. The van der Waals surface area contributed by atoms with Gasteiger partial charge in [0, 0.05) is 12.1 Å². The first-order chi connectivity index (χ1) is 10.1. The van der Waals surface area contributed by atoms with E-state index in [1.165, 1.54) is 6.42 Å². The third-order valence-corrected chi connectivity index (χ3v) is 5.40. The second-order valence-electron chi connectivity index (χ2n) is 6.92. The van der Waals surface area contributed by atoms with Crippen LogP contribution in [0.15, 0.2) is 12.2 Å². The molecule has 1 saturated carbocycles. The highest BCUT2D eigenvalue weighted by Gasteiger charge is 2.41. The van der Waals surface area contributed by atoms with E-state index >= 15 is 0 Å². The molecule has 1 amide bonds. The first-order valence-corrected chi connectivity index (χ1v) is 8.22. The van der Waals surface area contributed by atoms with Gasteiger partial charge in [-0.05, 0) is 57.8 Å². The van der Waals surface area contributed by atoms with Gasteiger partial charge in [-0.25, -0.2) is 0 Å². The number of esters is 1. The summed E-state index contributed by atoms with van der Waals surface area (Å²) < 4.78 is 5.33. The van der Waals surface area contributed by atoms with Crippen LogP contribution in [0.4, 0.5) is 0 Å². The van der Waals surface area contributed by atoms with Crippen molar-refractivity contribution >= 4 is 11.9 Å². The van der Waals surface area contributed by atoms with E-state index in [1.807, 2.05) is 4.90 Å². The Balaban J connectivity index is 1.51. The monoisotopic (exact) mass is 291 g/mol. The lowest BCUT2D eigenvalue weighted by Crippen LogP contribution is -2.49. The largest absolute Gasteiger partial charge is 0.455 e. The highest BCUT2D eigenvalue weighted by atomic mass is 16.5. The van der Waals surface area contributed by atoms with Crippen LogP contribution in [0.25, 0.3) is 0 Å². The number of rotatable bonds is 3. The van der Waals surface area contributed by atoms with E-state index in [0.29, 0.717) is 11.8 Å². The van der Waals surface area contributed by atoms with Gasteiger partial charge in [-0.2, -0.15) is 0 Å². The molecule has 2 fully saturated rings. The van der Waals surface area contributed by atoms with Crippen LogP contribution in [0.1, 0.15) is 46.0 Å². The number of ether oxygens (including phenoxy) is 1. The lowest BCUT2D eigenvalue weighted by molar-refractivity contribution is -0.158. The fraction of sp³-hybridized carbons (Fsp3) is 0.765. The molecule has 0 aromatic carbocycles. The van der Waals surface area contributed by atoms with Gasteiger partial charge < -0.3 is 9.64 Å². The van der Waals surface area contributed by atoms with E-state index in [-0.39, 0.29) is 36.5 Å². The Morgan fingerprint density at radius 3 is 2.43 bits per heavy atom. The predicted molar refractivity (Wildman–Crippen MR) is 79.4 cm³/mol. The van der Waals surface area contributed by atoms with Gasteiger partial charge in [-0.3, -0.25) is 9.59 Å². The summed E-state index contributed by atoms with van der Waals surface area (Å²) in [6, 6.07) is 0.510. The summed E-state index contributed by atoms with van der Waals surface area (Å²) in [5.74, 6) is 0.638. The van der Waals surface area contributed by atoms with Crippen LogP contribution in [0.3, 0.4) is 0 Å². The number of fused-ring (bicyclic) bond motifs is 2. The fourth-order valence-electron chi connectivity index (χ4n) is 4.28. The van der Waals surface area contributed by atoms with E-state index < -0.39 is 0 Å². The molecule has 1 aliphatic heterocycles. The molecule has 1 heterocycles. The molecule has 0 aromatic heterocycles. The minimum atomic E-state index is -0.183. The van der Waals surface area contributed by atoms with Gasteiger partial charge in [0.25, 0.3) is 5.91 Å².